The van der Waals surface area contributed by atoms with Crippen LogP contribution in [-0.4, -0.2) is 18.9 Å². The number of benzene rings is 4. The van der Waals surface area contributed by atoms with Gasteiger partial charge in [-0.25, -0.2) is 0 Å². The average molecular weight is 469 g/mol. The molecule has 0 atom stereocenters. The normalized spacial score (nSPS) is 8.49. The Labute approximate surface area is 210 Å². The van der Waals surface area contributed by atoms with E-state index in [1.165, 1.54) is 23.6 Å². The number of aldehydes is 3. The van der Waals surface area contributed by atoms with Gasteiger partial charge >= 0.3 is 0 Å². The molecule has 0 fully saturated rings. The lowest BCUT2D eigenvalue weighted by Crippen LogP contribution is -1.82. The topological polar surface area (TPSA) is 51.2 Å². The Balaban J connectivity index is 0.000000427. The predicted octanol–water partition coefficient (Wildman–Crippen LogP) is 7.81. The highest BCUT2D eigenvalue weighted by Crippen LogP contribution is 2.02. The zero-order valence-electron chi connectivity index (χ0n) is 21.3. The van der Waals surface area contributed by atoms with E-state index in [9.17, 15) is 9.59 Å². The van der Waals surface area contributed by atoms with Gasteiger partial charge in [0.15, 0.2) is 0 Å². The Morgan fingerprint density at radius 3 is 1.11 bits per heavy atom. The second-order valence-electron chi connectivity index (χ2n) is 7.55. The Morgan fingerprint density at radius 1 is 0.457 bits per heavy atom. The van der Waals surface area contributed by atoms with Gasteiger partial charge in [0.05, 0.1) is 0 Å². The fraction of sp³-hybridized carbons (Fsp3) is 0.156. The van der Waals surface area contributed by atoms with Gasteiger partial charge in [-0.3, -0.25) is 9.59 Å². The second kappa shape index (κ2) is 20.5. The second-order valence-corrected chi connectivity index (χ2v) is 7.55. The van der Waals surface area contributed by atoms with Crippen molar-refractivity contribution in [2.75, 3.05) is 0 Å². The van der Waals surface area contributed by atoms with Crippen LogP contribution in [0.1, 0.15) is 49.9 Å². The van der Waals surface area contributed by atoms with E-state index in [0.717, 1.165) is 35.5 Å². The number of aryl methyl sites for hydroxylation is 4. The third-order valence-corrected chi connectivity index (χ3v) is 4.41. The van der Waals surface area contributed by atoms with Gasteiger partial charge in [0.25, 0.3) is 0 Å². The molecule has 0 aromatic heterocycles. The van der Waals surface area contributed by atoms with Crippen LogP contribution in [0.2, 0.25) is 0 Å². The van der Waals surface area contributed by atoms with Crippen LogP contribution in [0.15, 0.2) is 109 Å². The van der Waals surface area contributed by atoms with Crippen LogP contribution in [-0.2, 0) is 4.79 Å². The van der Waals surface area contributed by atoms with Crippen molar-refractivity contribution in [3.8, 4) is 0 Å². The van der Waals surface area contributed by atoms with Crippen molar-refractivity contribution in [3.05, 3.63) is 143 Å². The lowest BCUT2D eigenvalue weighted by atomic mass is 10.1. The van der Waals surface area contributed by atoms with Crippen molar-refractivity contribution in [3.63, 3.8) is 0 Å². The Morgan fingerprint density at radius 2 is 0.829 bits per heavy atom. The Bertz CT molecular complexity index is 1030. The summed E-state index contributed by atoms with van der Waals surface area (Å²) in [4.78, 5) is 29.2. The van der Waals surface area contributed by atoms with Crippen molar-refractivity contribution < 1.29 is 14.4 Å². The average Bonchev–Trinajstić information content (AvgIpc) is 2.87. The number of rotatable bonds is 2. The van der Waals surface area contributed by atoms with Crippen LogP contribution in [0.3, 0.4) is 0 Å². The molecule has 4 aromatic rings. The third kappa shape index (κ3) is 17.1. The number of carbonyl (C=O) groups excluding carboxylic acids is 3. The fourth-order valence-electron chi connectivity index (χ4n) is 2.43. The molecule has 0 aliphatic heterocycles. The summed E-state index contributed by atoms with van der Waals surface area (Å²) in [5.74, 6) is 0. The molecule has 35 heavy (non-hydrogen) atoms. The van der Waals surface area contributed by atoms with Crippen LogP contribution in [0.4, 0.5) is 0 Å². The summed E-state index contributed by atoms with van der Waals surface area (Å²) in [5.41, 5.74) is 6.37. The van der Waals surface area contributed by atoms with Gasteiger partial charge in [-0.05, 0) is 40.2 Å². The molecule has 0 aliphatic carbocycles. The lowest BCUT2D eigenvalue weighted by Gasteiger charge is -1.92. The van der Waals surface area contributed by atoms with Gasteiger partial charge in [0.1, 0.15) is 18.9 Å². The third-order valence-electron chi connectivity index (χ3n) is 4.41. The number of hydrogen-bond donors (Lipinski definition) is 0. The molecule has 3 heteroatoms. The van der Waals surface area contributed by atoms with Crippen molar-refractivity contribution in [2.45, 2.75) is 34.6 Å². The van der Waals surface area contributed by atoms with Gasteiger partial charge in [-0.1, -0.05) is 126 Å². The summed E-state index contributed by atoms with van der Waals surface area (Å²) in [7, 11) is 0. The molecule has 0 spiro atoms. The zero-order valence-corrected chi connectivity index (χ0v) is 21.3. The van der Waals surface area contributed by atoms with Crippen LogP contribution in [0, 0.1) is 27.7 Å². The maximum absolute atomic E-state index is 10.2. The van der Waals surface area contributed by atoms with E-state index in [1.54, 1.807) is 0 Å². The summed E-state index contributed by atoms with van der Waals surface area (Å²) in [6, 6.07) is 35.5. The van der Waals surface area contributed by atoms with E-state index in [1.807, 2.05) is 98.8 Å². The molecule has 4 rings (SSSR count). The van der Waals surface area contributed by atoms with E-state index in [-0.39, 0.29) is 0 Å². The molecule has 0 unspecified atom stereocenters. The minimum atomic E-state index is 0.737. The number of hydrogen-bond acceptors (Lipinski definition) is 3. The predicted molar refractivity (Wildman–Crippen MR) is 147 cm³/mol. The molecule has 182 valence electrons. The summed E-state index contributed by atoms with van der Waals surface area (Å²) >= 11 is 0. The first-order valence-corrected chi connectivity index (χ1v) is 11.3. The van der Waals surface area contributed by atoms with E-state index >= 15 is 0 Å². The molecule has 4 aromatic carbocycles. The molecular formula is C32H36O3. The van der Waals surface area contributed by atoms with Gasteiger partial charge in [-0.15, -0.1) is 0 Å². The minimum absolute atomic E-state index is 0.737. The molecule has 0 saturated heterocycles. The van der Waals surface area contributed by atoms with E-state index in [4.69, 9.17) is 4.79 Å². The molecule has 0 heterocycles. The Kier molecular flexibility index (Phi) is 18.1. The van der Waals surface area contributed by atoms with Crippen molar-refractivity contribution in [1.29, 1.82) is 0 Å². The molecule has 0 N–H and O–H groups in total. The van der Waals surface area contributed by atoms with E-state index in [2.05, 4.69) is 38.1 Å². The van der Waals surface area contributed by atoms with Gasteiger partial charge in [0, 0.05) is 11.1 Å². The van der Waals surface area contributed by atoms with Gasteiger partial charge in [-0.2, -0.15) is 0 Å². The first-order valence-electron chi connectivity index (χ1n) is 11.3. The Hall–Kier alpha value is -4.11. The van der Waals surface area contributed by atoms with Crippen molar-refractivity contribution in [1.82, 2.24) is 0 Å². The minimum Gasteiger partial charge on any atom is -0.304 e. The maximum atomic E-state index is 10.2. The lowest BCUT2D eigenvalue weighted by molar-refractivity contribution is -0.106. The van der Waals surface area contributed by atoms with Crippen LogP contribution >= 0.6 is 0 Å². The standard InChI is InChI=1S/2C8H8O.2C7H8.C2H4O/c1-7-2-4-8(6-9)5-3-7;1-7-4-2-3-5-8(7)6-9;2*1-7-5-3-2-4-6-7;1-2-3/h2*2-6H,1H3;2*2-6H,1H3;2H,1H3. The molecular weight excluding hydrogens is 432 g/mol. The van der Waals surface area contributed by atoms with Crippen LogP contribution < -0.4 is 0 Å². The molecule has 0 saturated carbocycles. The summed E-state index contributed by atoms with van der Waals surface area (Å²) in [6.07, 6.45) is 2.47. The molecule has 0 aliphatic rings. The SMILES string of the molecule is CC=O.Cc1ccc(C=O)cc1.Cc1ccccc1.Cc1ccccc1.Cc1ccccc1C=O. The highest BCUT2D eigenvalue weighted by Gasteiger charge is 1.90. The zero-order chi connectivity index (χ0) is 26.3. The summed E-state index contributed by atoms with van der Waals surface area (Å²) < 4.78 is 0. The summed E-state index contributed by atoms with van der Waals surface area (Å²) in [5, 5.41) is 0. The highest BCUT2D eigenvalue weighted by atomic mass is 16.1. The van der Waals surface area contributed by atoms with Crippen molar-refractivity contribution >= 4 is 18.9 Å². The first kappa shape index (κ1) is 30.9. The molecule has 0 amide bonds. The van der Waals surface area contributed by atoms with Crippen LogP contribution in [0.5, 0.6) is 0 Å². The van der Waals surface area contributed by atoms with Gasteiger partial charge in [0.2, 0.25) is 0 Å². The van der Waals surface area contributed by atoms with Gasteiger partial charge < -0.3 is 4.79 Å². The number of carbonyl (C=O) groups is 3. The monoisotopic (exact) mass is 468 g/mol. The quantitative estimate of drug-likeness (QED) is 0.282. The summed E-state index contributed by atoms with van der Waals surface area (Å²) in [6.45, 7) is 9.53. The fourth-order valence-corrected chi connectivity index (χ4v) is 2.43. The smallest absolute Gasteiger partial charge is 0.150 e. The van der Waals surface area contributed by atoms with Crippen molar-refractivity contribution in [2.24, 2.45) is 0 Å². The first-order chi connectivity index (χ1) is 16.9. The highest BCUT2D eigenvalue weighted by molar-refractivity contribution is 5.76. The van der Waals surface area contributed by atoms with Crippen LogP contribution in [0.25, 0.3) is 0 Å². The molecule has 0 radical (unpaired) electrons. The van der Waals surface area contributed by atoms with E-state index < -0.39 is 0 Å². The largest absolute Gasteiger partial charge is 0.304 e. The van der Waals surface area contributed by atoms with E-state index in [0.29, 0.717) is 0 Å². The molecule has 3 nitrogen and oxygen atoms in total. The maximum Gasteiger partial charge on any atom is 0.150 e. The molecule has 0 bridgehead atoms.